The fourth-order valence-corrected chi connectivity index (χ4v) is 2.13. The van der Waals surface area contributed by atoms with Crippen LogP contribution in [0.2, 0.25) is 0 Å². The van der Waals surface area contributed by atoms with E-state index in [2.05, 4.69) is 15.5 Å². The fourth-order valence-electron chi connectivity index (χ4n) is 1.47. The lowest BCUT2D eigenvalue weighted by Gasteiger charge is -2.11. The van der Waals surface area contributed by atoms with Gasteiger partial charge in [-0.3, -0.25) is 4.79 Å². The van der Waals surface area contributed by atoms with Gasteiger partial charge in [-0.15, -0.1) is 10.2 Å². The lowest BCUT2D eigenvalue weighted by Crippen LogP contribution is -2.27. The van der Waals surface area contributed by atoms with E-state index in [1.807, 2.05) is 4.90 Å². The van der Waals surface area contributed by atoms with Crippen LogP contribution in [0.15, 0.2) is 0 Å². The lowest BCUT2D eigenvalue weighted by atomic mass is 10.4. The Hall–Kier alpha value is -1.17. The van der Waals surface area contributed by atoms with Crippen molar-refractivity contribution in [2.24, 2.45) is 0 Å². The highest BCUT2D eigenvalue weighted by atomic mass is 32.1. The molecule has 1 fully saturated rings. The number of hydrogen-bond donors (Lipinski definition) is 1. The maximum Gasteiger partial charge on any atom is 0.284 e. The van der Waals surface area contributed by atoms with Crippen LogP contribution in [0.25, 0.3) is 0 Å². The van der Waals surface area contributed by atoms with Gasteiger partial charge in [0, 0.05) is 20.1 Å². The zero-order valence-corrected chi connectivity index (χ0v) is 8.80. The Balaban J connectivity index is 2.09. The lowest BCUT2D eigenvalue weighted by molar-refractivity contribution is 0.0791. The summed E-state index contributed by atoms with van der Waals surface area (Å²) in [6, 6.07) is 0. The first-order chi connectivity index (χ1) is 6.81. The zero-order valence-electron chi connectivity index (χ0n) is 7.99. The number of nitrogens with zero attached hydrogens (tertiary/aromatic N) is 3. The standard InChI is InChI=1S/C8H12N4OS/c1-9-8-11-10-6(14-8)7(13)12-4-2-3-5-12/h2-5H2,1H3,(H,9,11). The van der Waals surface area contributed by atoms with Gasteiger partial charge < -0.3 is 10.2 Å². The number of carbonyl (C=O) groups excluding carboxylic acids is 1. The van der Waals surface area contributed by atoms with E-state index in [-0.39, 0.29) is 5.91 Å². The zero-order chi connectivity index (χ0) is 9.97. The van der Waals surface area contributed by atoms with Crippen LogP contribution in [0.1, 0.15) is 22.6 Å². The van der Waals surface area contributed by atoms with Gasteiger partial charge in [0.2, 0.25) is 10.1 Å². The molecule has 6 heteroatoms. The van der Waals surface area contributed by atoms with Gasteiger partial charge in [-0.2, -0.15) is 0 Å². The summed E-state index contributed by atoms with van der Waals surface area (Å²) in [6.07, 6.45) is 2.20. The van der Waals surface area contributed by atoms with Gasteiger partial charge in [-0.25, -0.2) is 0 Å². The van der Waals surface area contributed by atoms with E-state index in [1.165, 1.54) is 11.3 Å². The number of nitrogens with one attached hydrogen (secondary N) is 1. The fraction of sp³-hybridized carbons (Fsp3) is 0.625. The molecule has 1 aliphatic rings. The molecule has 1 aliphatic heterocycles. The monoisotopic (exact) mass is 212 g/mol. The Kier molecular flexibility index (Phi) is 2.62. The molecular formula is C8H12N4OS. The predicted octanol–water partition coefficient (Wildman–Crippen LogP) is 0.816. The first-order valence-corrected chi connectivity index (χ1v) is 5.43. The van der Waals surface area contributed by atoms with E-state index in [0.29, 0.717) is 10.1 Å². The van der Waals surface area contributed by atoms with Crippen LogP contribution in [0.4, 0.5) is 5.13 Å². The quantitative estimate of drug-likeness (QED) is 0.788. The number of anilines is 1. The molecule has 0 spiro atoms. The van der Waals surface area contributed by atoms with E-state index in [0.717, 1.165) is 25.9 Å². The van der Waals surface area contributed by atoms with Crippen molar-refractivity contribution in [3.8, 4) is 0 Å². The summed E-state index contributed by atoms with van der Waals surface area (Å²) < 4.78 is 0. The highest BCUT2D eigenvalue weighted by molar-refractivity contribution is 7.17. The second-order valence-corrected chi connectivity index (χ2v) is 4.14. The molecule has 2 heterocycles. The summed E-state index contributed by atoms with van der Waals surface area (Å²) in [5, 5.41) is 11.7. The van der Waals surface area contributed by atoms with Crippen LogP contribution in [-0.4, -0.2) is 41.1 Å². The van der Waals surface area contributed by atoms with Gasteiger partial charge >= 0.3 is 0 Å². The van der Waals surface area contributed by atoms with Gasteiger partial charge in [0.15, 0.2) is 0 Å². The number of carbonyl (C=O) groups is 1. The molecule has 1 N–H and O–H groups in total. The normalized spacial score (nSPS) is 15.9. The Morgan fingerprint density at radius 1 is 1.43 bits per heavy atom. The average Bonchev–Trinajstić information content (AvgIpc) is 2.88. The van der Waals surface area contributed by atoms with Gasteiger partial charge in [0.05, 0.1) is 0 Å². The highest BCUT2D eigenvalue weighted by Gasteiger charge is 2.22. The van der Waals surface area contributed by atoms with Crippen molar-refractivity contribution in [1.29, 1.82) is 0 Å². The van der Waals surface area contributed by atoms with Crippen molar-refractivity contribution in [3.05, 3.63) is 5.01 Å². The largest absolute Gasteiger partial charge is 0.363 e. The third-order valence-electron chi connectivity index (χ3n) is 2.22. The molecule has 1 aromatic rings. The molecule has 0 aromatic carbocycles. The van der Waals surface area contributed by atoms with E-state index >= 15 is 0 Å². The van der Waals surface area contributed by atoms with Crippen LogP contribution >= 0.6 is 11.3 Å². The van der Waals surface area contributed by atoms with Gasteiger partial charge in [-0.1, -0.05) is 11.3 Å². The Morgan fingerprint density at radius 3 is 2.71 bits per heavy atom. The molecule has 0 aliphatic carbocycles. The van der Waals surface area contributed by atoms with E-state index in [9.17, 15) is 4.79 Å². The Labute approximate surface area is 86.1 Å². The van der Waals surface area contributed by atoms with Crippen LogP contribution in [0.3, 0.4) is 0 Å². The summed E-state index contributed by atoms with van der Waals surface area (Å²) in [7, 11) is 1.77. The topological polar surface area (TPSA) is 58.1 Å². The number of rotatable bonds is 2. The first-order valence-electron chi connectivity index (χ1n) is 4.62. The summed E-state index contributed by atoms with van der Waals surface area (Å²) >= 11 is 1.30. The van der Waals surface area contributed by atoms with Gasteiger partial charge in [0.25, 0.3) is 5.91 Å². The number of hydrogen-bond acceptors (Lipinski definition) is 5. The molecule has 0 bridgehead atoms. The molecule has 1 saturated heterocycles. The third kappa shape index (κ3) is 1.70. The minimum absolute atomic E-state index is 0.0153. The first kappa shape index (κ1) is 9.39. The summed E-state index contributed by atoms with van der Waals surface area (Å²) in [4.78, 5) is 13.6. The summed E-state index contributed by atoms with van der Waals surface area (Å²) in [5.41, 5.74) is 0. The van der Waals surface area contributed by atoms with E-state index < -0.39 is 0 Å². The Bertz CT molecular complexity index is 332. The minimum Gasteiger partial charge on any atom is -0.363 e. The van der Waals surface area contributed by atoms with Crippen LogP contribution < -0.4 is 5.32 Å². The molecule has 1 aromatic heterocycles. The minimum atomic E-state index is 0.0153. The number of aromatic nitrogens is 2. The van der Waals surface area contributed by atoms with Crippen molar-refractivity contribution in [2.45, 2.75) is 12.8 Å². The molecule has 14 heavy (non-hydrogen) atoms. The van der Waals surface area contributed by atoms with Gasteiger partial charge in [0.1, 0.15) is 0 Å². The molecule has 0 saturated carbocycles. The molecule has 1 amide bonds. The van der Waals surface area contributed by atoms with Crippen molar-refractivity contribution in [3.63, 3.8) is 0 Å². The summed E-state index contributed by atoms with van der Waals surface area (Å²) in [5.74, 6) is 0.0153. The molecule has 0 atom stereocenters. The molecule has 2 rings (SSSR count). The predicted molar refractivity (Wildman–Crippen MR) is 54.6 cm³/mol. The maximum atomic E-state index is 11.8. The second kappa shape index (κ2) is 3.91. The molecule has 0 unspecified atom stereocenters. The SMILES string of the molecule is CNc1nnc(C(=O)N2CCCC2)s1. The van der Waals surface area contributed by atoms with Crippen LogP contribution in [0.5, 0.6) is 0 Å². The van der Waals surface area contributed by atoms with Crippen LogP contribution in [-0.2, 0) is 0 Å². The third-order valence-corrected chi connectivity index (χ3v) is 3.14. The van der Waals surface area contributed by atoms with Crippen molar-refractivity contribution >= 4 is 22.4 Å². The maximum absolute atomic E-state index is 11.8. The smallest absolute Gasteiger partial charge is 0.284 e. The van der Waals surface area contributed by atoms with Crippen molar-refractivity contribution in [1.82, 2.24) is 15.1 Å². The number of amides is 1. The molecular weight excluding hydrogens is 200 g/mol. The average molecular weight is 212 g/mol. The van der Waals surface area contributed by atoms with Crippen molar-refractivity contribution in [2.75, 3.05) is 25.5 Å². The van der Waals surface area contributed by atoms with E-state index in [1.54, 1.807) is 7.05 Å². The molecule has 5 nitrogen and oxygen atoms in total. The van der Waals surface area contributed by atoms with E-state index in [4.69, 9.17) is 0 Å². The molecule has 0 radical (unpaired) electrons. The second-order valence-electron chi connectivity index (χ2n) is 3.16. The summed E-state index contributed by atoms with van der Waals surface area (Å²) in [6.45, 7) is 1.71. The molecule has 76 valence electrons. The Morgan fingerprint density at radius 2 is 2.14 bits per heavy atom. The highest BCUT2D eigenvalue weighted by Crippen LogP contribution is 2.18. The number of likely N-dealkylation sites (tertiary alicyclic amines) is 1. The van der Waals surface area contributed by atoms with Crippen LogP contribution in [0, 0.1) is 0 Å². The van der Waals surface area contributed by atoms with Crippen molar-refractivity contribution < 1.29 is 4.79 Å². The van der Waals surface area contributed by atoms with Gasteiger partial charge in [-0.05, 0) is 12.8 Å².